The van der Waals surface area contributed by atoms with Crippen molar-refractivity contribution in [2.45, 2.75) is 24.3 Å². The second-order valence-corrected chi connectivity index (χ2v) is 15.8. The van der Waals surface area contributed by atoms with Crippen LogP contribution in [-0.4, -0.2) is 54.1 Å². The predicted molar refractivity (Wildman–Crippen MR) is 213 cm³/mol. The molecule has 8 rings (SSSR count). The van der Waals surface area contributed by atoms with Gasteiger partial charge in [0.1, 0.15) is 23.0 Å². The number of aromatic nitrogens is 6. The van der Waals surface area contributed by atoms with E-state index in [1.54, 1.807) is 6.20 Å². The molecule has 0 spiro atoms. The third-order valence-corrected chi connectivity index (χ3v) is 12.1. The Labute approximate surface area is 315 Å². The van der Waals surface area contributed by atoms with Crippen molar-refractivity contribution < 1.29 is 0 Å². The summed E-state index contributed by atoms with van der Waals surface area (Å²) in [5.74, 6) is 4.15. The van der Waals surface area contributed by atoms with E-state index < -0.39 is 0 Å². The molecule has 2 aliphatic heterocycles. The highest BCUT2D eigenvalue weighted by molar-refractivity contribution is 9.10. The minimum absolute atomic E-state index is 0.110. The van der Waals surface area contributed by atoms with Gasteiger partial charge in [0, 0.05) is 66.7 Å². The molecule has 51 heavy (non-hydrogen) atoms. The average Bonchev–Trinajstić information content (AvgIpc) is 3.43. The highest BCUT2D eigenvalue weighted by atomic mass is 79.9. The molecule has 0 bridgehead atoms. The van der Waals surface area contributed by atoms with Crippen LogP contribution in [0.5, 0.6) is 0 Å². The van der Waals surface area contributed by atoms with Gasteiger partial charge in [-0.3, -0.25) is 19.3 Å². The number of nitriles is 1. The molecule has 2 aromatic carbocycles. The van der Waals surface area contributed by atoms with Crippen LogP contribution >= 0.6 is 39.5 Å². The van der Waals surface area contributed by atoms with Gasteiger partial charge in [-0.25, -0.2) is 0 Å². The summed E-state index contributed by atoms with van der Waals surface area (Å²) in [5, 5.41) is 26.3. The highest BCUT2D eigenvalue weighted by Crippen LogP contribution is 2.48. The summed E-state index contributed by atoms with van der Waals surface area (Å²) >= 11 is 7.48. The summed E-state index contributed by atoms with van der Waals surface area (Å²) in [4.78, 5) is 9.07. The number of hydrogen-bond acceptors (Lipinski definition) is 9. The Bertz CT molecular complexity index is 2210. The van der Waals surface area contributed by atoms with Crippen LogP contribution in [-0.2, 0) is 14.1 Å². The van der Waals surface area contributed by atoms with Gasteiger partial charge in [-0.05, 0) is 84.6 Å². The number of nitrogens with zero attached hydrogens (tertiary/aromatic N) is 7. The fourth-order valence-electron chi connectivity index (χ4n) is 6.62. The standard InChI is InChI=1S/C20H19N5S.C19H19BrN4S/c1-13-6-7-14(12-21)11-15(13)19-17-18(16-5-3-4-8-22-16)24-25(2)20(17)23-9-10-26-19;1-12-6-7-13(20)11-14(12)18-16-17(15-5-3-4-8-21-15)23-24(2)19(16)22-9-10-25-18/h3-8,11,19,23H,9-10H2,1-2H3;3-8,11,18,22H,9-10H2,1-2H3. The third-order valence-electron chi connectivity index (χ3n) is 9.08. The van der Waals surface area contributed by atoms with Crippen LogP contribution in [0, 0.1) is 25.2 Å². The zero-order valence-corrected chi connectivity index (χ0v) is 32.1. The second-order valence-electron chi connectivity index (χ2n) is 12.4. The lowest BCUT2D eigenvalue weighted by Gasteiger charge is -2.19. The molecule has 0 aliphatic carbocycles. The van der Waals surface area contributed by atoms with Gasteiger partial charge in [0.25, 0.3) is 0 Å². The summed E-state index contributed by atoms with van der Waals surface area (Å²) in [6.45, 7) is 6.09. The molecule has 9 nitrogen and oxygen atoms in total. The third kappa shape index (κ3) is 7.16. The van der Waals surface area contributed by atoms with E-state index in [9.17, 15) is 5.26 Å². The monoisotopic (exact) mass is 775 g/mol. The van der Waals surface area contributed by atoms with E-state index in [2.05, 4.69) is 74.6 Å². The van der Waals surface area contributed by atoms with E-state index in [0.29, 0.717) is 5.56 Å². The molecule has 12 heteroatoms. The van der Waals surface area contributed by atoms with Crippen molar-refractivity contribution in [1.82, 2.24) is 29.5 Å². The van der Waals surface area contributed by atoms with Gasteiger partial charge < -0.3 is 10.6 Å². The van der Waals surface area contributed by atoms with Gasteiger partial charge in [-0.15, -0.1) is 23.5 Å². The number of fused-ring (bicyclic) bond motifs is 2. The van der Waals surface area contributed by atoms with Crippen LogP contribution < -0.4 is 10.6 Å². The minimum atomic E-state index is 0.110. The van der Waals surface area contributed by atoms with Gasteiger partial charge in [0.2, 0.25) is 0 Å². The lowest BCUT2D eigenvalue weighted by Crippen LogP contribution is -2.06. The smallest absolute Gasteiger partial charge is 0.129 e. The first-order chi connectivity index (χ1) is 24.8. The molecule has 0 radical (unpaired) electrons. The average molecular weight is 777 g/mol. The van der Waals surface area contributed by atoms with Crippen molar-refractivity contribution in [3.63, 3.8) is 0 Å². The zero-order chi connectivity index (χ0) is 35.5. The molecular formula is C39H38BrN9S2. The molecular weight excluding hydrogens is 739 g/mol. The molecule has 2 atom stereocenters. The molecule has 2 N–H and O–H groups in total. The Kier molecular flexibility index (Phi) is 10.5. The molecule has 2 aliphatic rings. The Morgan fingerprint density at radius 1 is 0.725 bits per heavy atom. The normalized spacial score (nSPS) is 16.5. The summed E-state index contributed by atoms with van der Waals surface area (Å²) in [6.07, 6.45) is 3.62. The van der Waals surface area contributed by atoms with Gasteiger partial charge >= 0.3 is 0 Å². The Balaban J connectivity index is 0.000000159. The molecule has 4 aromatic heterocycles. The Hall–Kier alpha value is -4.57. The summed E-state index contributed by atoms with van der Waals surface area (Å²) in [6, 6.07) is 26.6. The van der Waals surface area contributed by atoms with Gasteiger partial charge in [-0.2, -0.15) is 15.5 Å². The maximum Gasteiger partial charge on any atom is 0.129 e. The number of halogens is 1. The number of pyridine rings is 2. The van der Waals surface area contributed by atoms with Crippen LogP contribution in [0.15, 0.2) is 89.7 Å². The van der Waals surface area contributed by atoms with E-state index in [1.807, 2.05) is 108 Å². The lowest BCUT2D eigenvalue weighted by molar-refractivity contribution is 0.773. The fraction of sp³-hybridized carbons (Fsp3) is 0.256. The number of aryl methyl sites for hydroxylation is 4. The molecule has 6 aromatic rings. The SMILES string of the molecule is Cc1ccc(Br)cc1C1SCCNc2c1c(-c1ccccn1)nn2C.Cc1ccc(C#N)cc1C1SCCNc2c1c(-c1ccccn1)nn2C. The first-order valence-corrected chi connectivity index (χ1v) is 19.7. The van der Waals surface area contributed by atoms with Crippen molar-refractivity contribution in [3.05, 3.63) is 129 Å². The molecule has 0 saturated heterocycles. The first kappa shape index (κ1) is 34.9. The van der Waals surface area contributed by atoms with Gasteiger partial charge in [0.15, 0.2) is 0 Å². The van der Waals surface area contributed by atoms with Crippen molar-refractivity contribution in [2.75, 3.05) is 35.2 Å². The molecule has 2 unspecified atom stereocenters. The zero-order valence-electron chi connectivity index (χ0n) is 28.9. The number of nitrogens with one attached hydrogen (secondary N) is 2. The molecule has 0 fully saturated rings. The van der Waals surface area contributed by atoms with E-state index in [0.717, 1.165) is 69.0 Å². The second kappa shape index (κ2) is 15.4. The molecule has 0 amide bonds. The van der Waals surface area contributed by atoms with E-state index in [4.69, 9.17) is 10.2 Å². The van der Waals surface area contributed by atoms with E-state index >= 15 is 0 Å². The van der Waals surface area contributed by atoms with Crippen LogP contribution in [0.4, 0.5) is 11.6 Å². The Morgan fingerprint density at radius 2 is 1.24 bits per heavy atom. The number of rotatable bonds is 4. The number of thioether (sulfide) groups is 2. The summed E-state index contributed by atoms with van der Waals surface area (Å²) < 4.78 is 4.96. The largest absolute Gasteiger partial charge is 0.369 e. The van der Waals surface area contributed by atoms with Crippen LogP contribution in [0.2, 0.25) is 0 Å². The fourth-order valence-corrected chi connectivity index (χ4v) is 9.55. The highest BCUT2D eigenvalue weighted by Gasteiger charge is 2.32. The molecule has 6 heterocycles. The maximum absolute atomic E-state index is 9.34. The van der Waals surface area contributed by atoms with E-state index in [-0.39, 0.29) is 10.5 Å². The summed E-state index contributed by atoms with van der Waals surface area (Å²) in [7, 11) is 3.96. The van der Waals surface area contributed by atoms with Crippen molar-refractivity contribution in [3.8, 4) is 28.8 Å². The number of hydrogen-bond donors (Lipinski definition) is 2. The van der Waals surface area contributed by atoms with Crippen molar-refractivity contribution >= 4 is 51.1 Å². The lowest BCUT2D eigenvalue weighted by atomic mass is 9.96. The first-order valence-electron chi connectivity index (χ1n) is 16.8. The topological polar surface area (TPSA) is 109 Å². The predicted octanol–water partition coefficient (Wildman–Crippen LogP) is 8.71. The molecule has 0 saturated carbocycles. The number of anilines is 2. The van der Waals surface area contributed by atoms with Gasteiger partial charge in [-0.1, -0.05) is 40.2 Å². The van der Waals surface area contributed by atoms with Crippen molar-refractivity contribution in [2.24, 2.45) is 14.1 Å². The van der Waals surface area contributed by atoms with Crippen LogP contribution in [0.25, 0.3) is 22.8 Å². The van der Waals surface area contributed by atoms with Gasteiger partial charge in [0.05, 0.1) is 33.5 Å². The number of benzene rings is 2. The minimum Gasteiger partial charge on any atom is -0.369 e. The summed E-state index contributed by atoms with van der Waals surface area (Å²) in [5.41, 5.74) is 11.7. The Morgan fingerprint density at radius 3 is 1.73 bits per heavy atom. The van der Waals surface area contributed by atoms with Crippen molar-refractivity contribution in [1.29, 1.82) is 5.26 Å². The van der Waals surface area contributed by atoms with Crippen LogP contribution in [0.3, 0.4) is 0 Å². The van der Waals surface area contributed by atoms with Crippen LogP contribution in [0.1, 0.15) is 49.4 Å². The quantitative estimate of drug-likeness (QED) is 0.182. The maximum atomic E-state index is 9.34. The van der Waals surface area contributed by atoms with E-state index in [1.165, 1.54) is 27.8 Å². The molecule has 258 valence electrons.